The van der Waals surface area contributed by atoms with Crippen molar-refractivity contribution in [3.05, 3.63) is 77.6 Å². The standard InChI is InChI=1S/C24H24F3N5O2/c1-17-7-5-6-10-20(17)32-22(24(25,26)27)19(15-28-32)23(34)31-13-11-30(12-14-31)16-21(33)29-18-8-3-2-4-9-18/h2-10,15H,11-14,16H2,1H3,(H,29,33). The Morgan fingerprint density at radius 3 is 2.26 bits per heavy atom. The summed E-state index contributed by atoms with van der Waals surface area (Å²) in [5.41, 5.74) is -0.00485. The van der Waals surface area contributed by atoms with Crippen molar-refractivity contribution < 1.29 is 22.8 Å². The summed E-state index contributed by atoms with van der Waals surface area (Å²) in [6.45, 7) is 3.00. The molecule has 1 saturated heterocycles. The first kappa shape index (κ1) is 23.5. The summed E-state index contributed by atoms with van der Waals surface area (Å²) in [6, 6.07) is 15.6. The Kier molecular flexibility index (Phi) is 6.69. The Balaban J connectivity index is 1.44. The third kappa shape index (κ3) is 5.12. The van der Waals surface area contributed by atoms with Gasteiger partial charge in [-0.1, -0.05) is 36.4 Å². The van der Waals surface area contributed by atoms with Crippen molar-refractivity contribution in [1.29, 1.82) is 0 Å². The second-order valence-electron chi connectivity index (χ2n) is 8.09. The number of alkyl halides is 3. The second kappa shape index (κ2) is 9.68. The number of halogens is 3. The number of anilines is 1. The lowest BCUT2D eigenvalue weighted by molar-refractivity contribution is -0.143. The van der Waals surface area contributed by atoms with Gasteiger partial charge in [0, 0.05) is 31.9 Å². The van der Waals surface area contributed by atoms with Crippen LogP contribution in [0.4, 0.5) is 18.9 Å². The molecule has 1 aromatic heterocycles. The number of hydrogen-bond donors (Lipinski definition) is 1. The van der Waals surface area contributed by atoms with Crippen LogP contribution >= 0.6 is 0 Å². The Hall–Kier alpha value is -3.66. The molecule has 0 bridgehead atoms. The molecule has 1 N–H and O–H groups in total. The lowest BCUT2D eigenvalue weighted by Gasteiger charge is -2.34. The highest BCUT2D eigenvalue weighted by Gasteiger charge is 2.42. The Bertz CT molecular complexity index is 1170. The lowest BCUT2D eigenvalue weighted by Crippen LogP contribution is -2.50. The maximum atomic E-state index is 14.0. The molecular weight excluding hydrogens is 447 g/mol. The molecule has 0 atom stereocenters. The first-order valence-corrected chi connectivity index (χ1v) is 10.8. The SMILES string of the molecule is Cc1ccccc1-n1ncc(C(=O)N2CCN(CC(=O)Nc3ccccc3)CC2)c1C(F)(F)F. The third-order valence-electron chi connectivity index (χ3n) is 5.70. The number of para-hydroxylation sites is 2. The van der Waals surface area contributed by atoms with Gasteiger partial charge in [-0.15, -0.1) is 0 Å². The van der Waals surface area contributed by atoms with Crippen LogP contribution in [0, 0.1) is 6.92 Å². The van der Waals surface area contributed by atoms with E-state index in [4.69, 9.17) is 0 Å². The molecule has 4 rings (SSSR count). The molecular formula is C24H24F3N5O2. The molecule has 3 aromatic rings. The van der Waals surface area contributed by atoms with E-state index in [1.807, 2.05) is 23.1 Å². The van der Waals surface area contributed by atoms with Crippen molar-refractivity contribution in [3.8, 4) is 5.69 Å². The average molecular weight is 471 g/mol. The Labute approximate surface area is 194 Å². The van der Waals surface area contributed by atoms with E-state index in [1.54, 1.807) is 37.3 Å². The number of nitrogens with zero attached hydrogens (tertiary/aromatic N) is 4. The fraction of sp³-hybridized carbons (Fsp3) is 0.292. The van der Waals surface area contributed by atoms with Crippen molar-refractivity contribution in [2.24, 2.45) is 0 Å². The monoisotopic (exact) mass is 471 g/mol. The summed E-state index contributed by atoms with van der Waals surface area (Å²) in [5, 5.41) is 6.71. The van der Waals surface area contributed by atoms with Gasteiger partial charge in [0.25, 0.3) is 5.91 Å². The van der Waals surface area contributed by atoms with E-state index in [1.165, 1.54) is 11.0 Å². The highest BCUT2D eigenvalue weighted by molar-refractivity contribution is 5.96. The van der Waals surface area contributed by atoms with E-state index in [9.17, 15) is 22.8 Å². The smallest absolute Gasteiger partial charge is 0.336 e. The number of aromatic nitrogens is 2. The number of carbonyl (C=O) groups is 2. The average Bonchev–Trinajstić information content (AvgIpc) is 3.26. The van der Waals surface area contributed by atoms with Gasteiger partial charge in [0.15, 0.2) is 5.69 Å². The Morgan fingerprint density at radius 2 is 1.62 bits per heavy atom. The number of aryl methyl sites for hydroxylation is 1. The molecule has 7 nitrogen and oxygen atoms in total. The largest absolute Gasteiger partial charge is 0.434 e. The maximum absolute atomic E-state index is 14.0. The van der Waals surface area contributed by atoms with Gasteiger partial charge in [-0.2, -0.15) is 18.3 Å². The predicted molar refractivity (Wildman–Crippen MR) is 121 cm³/mol. The predicted octanol–water partition coefficient (Wildman–Crippen LogP) is 3.60. The van der Waals surface area contributed by atoms with Crippen LogP contribution in [-0.4, -0.2) is 64.1 Å². The van der Waals surface area contributed by atoms with Crippen LogP contribution in [0.1, 0.15) is 21.6 Å². The highest BCUT2D eigenvalue weighted by atomic mass is 19.4. The maximum Gasteiger partial charge on any atom is 0.434 e. The van der Waals surface area contributed by atoms with Crippen molar-refractivity contribution in [1.82, 2.24) is 19.6 Å². The normalized spacial score (nSPS) is 14.8. The van der Waals surface area contributed by atoms with E-state index >= 15 is 0 Å². The number of carbonyl (C=O) groups excluding carboxylic acids is 2. The van der Waals surface area contributed by atoms with Crippen LogP contribution in [0.3, 0.4) is 0 Å². The molecule has 2 aromatic carbocycles. The summed E-state index contributed by atoms with van der Waals surface area (Å²) >= 11 is 0. The van der Waals surface area contributed by atoms with Crippen LogP contribution in [0.25, 0.3) is 5.69 Å². The topological polar surface area (TPSA) is 70.5 Å². The summed E-state index contributed by atoms with van der Waals surface area (Å²) in [7, 11) is 0. The third-order valence-corrected chi connectivity index (χ3v) is 5.70. The molecule has 34 heavy (non-hydrogen) atoms. The molecule has 1 fully saturated rings. The van der Waals surface area contributed by atoms with Gasteiger partial charge in [-0.25, -0.2) is 4.68 Å². The number of hydrogen-bond acceptors (Lipinski definition) is 4. The van der Waals surface area contributed by atoms with Gasteiger partial charge < -0.3 is 10.2 Å². The van der Waals surface area contributed by atoms with Gasteiger partial charge >= 0.3 is 6.18 Å². The summed E-state index contributed by atoms with van der Waals surface area (Å²) < 4.78 is 42.7. The van der Waals surface area contributed by atoms with Crippen LogP contribution in [0.15, 0.2) is 60.8 Å². The van der Waals surface area contributed by atoms with E-state index in [0.717, 1.165) is 10.9 Å². The number of rotatable bonds is 5. The van der Waals surface area contributed by atoms with E-state index in [-0.39, 0.29) is 31.2 Å². The summed E-state index contributed by atoms with van der Waals surface area (Å²) in [4.78, 5) is 28.5. The minimum atomic E-state index is -4.76. The number of benzene rings is 2. The zero-order valence-electron chi connectivity index (χ0n) is 18.5. The van der Waals surface area contributed by atoms with Gasteiger partial charge in [-0.3, -0.25) is 14.5 Å². The van der Waals surface area contributed by atoms with E-state index in [0.29, 0.717) is 24.3 Å². The lowest BCUT2D eigenvalue weighted by atomic mass is 10.1. The number of nitrogens with one attached hydrogen (secondary N) is 1. The first-order chi connectivity index (χ1) is 16.2. The first-order valence-electron chi connectivity index (χ1n) is 10.8. The quantitative estimate of drug-likeness (QED) is 0.618. The van der Waals surface area contributed by atoms with E-state index < -0.39 is 23.3 Å². The fourth-order valence-corrected chi connectivity index (χ4v) is 3.97. The van der Waals surface area contributed by atoms with E-state index in [2.05, 4.69) is 10.4 Å². The second-order valence-corrected chi connectivity index (χ2v) is 8.09. The zero-order chi connectivity index (χ0) is 24.3. The molecule has 10 heteroatoms. The minimum Gasteiger partial charge on any atom is -0.336 e. The van der Waals surface area contributed by atoms with Gasteiger partial charge in [0.05, 0.1) is 24.0 Å². The van der Waals surface area contributed by atoms with Crippen LogP contribution in [0.5, 0.6) is 0 Å². The van der Waals surface area contributed by atoms with Gasteiger partial charge in [-0.05, 0) is 30.7 Å². The number of amides is 2. The molecule has 0 saturated carbocycles. The highest BCUT2D eigenvalue weighted by Crippen LogP contribution is 2.35. The Morgan fingerprint density at radius 1 is 0.971 bits per heavy atom. The van der Waals surface area contributed by atoms with Gasteiger partial charge in [0.2, 0.25) is 5.91 Å². The molecule has 0 spiro atoms. The molecule has 0 aliphatic carbocycles. The molecule has 178 valence electrons. The van der Waals surface area contributed by atoms with Crippen molar-refractivity contribution in [2.45, 2.75) is 13.1 Å². The minimum absolute atomic E-state index is 0.135. The molecule has 2 amide bonds. The van der Waals surface area contributed by atoms with Crippen LogP contribution in [-0.2, 0) is 11.0 Å². The molecule has 0 unspecified atom stereocenters. The fourth-order valence-electron chi connectivity index (χ4n) is 3.97. The van der Waals surface area contributed by atoms with Crippen molar-refractivity contribution in [2.75, 3.05) is 38.0 Å². The van der Waals surface area contributed by atoms with Gasteiger partial charge in [0.1, 0.15) is 0 Å². The molecule has 0 radical (unpaired) electrons. The van der Waals surface area contributed by atoms with Crippen molar-refractivity contribution >= 4 is 17.5 Å². The number of piperazine rings is 1. The van der Waals surface area contributed by atoms with Crippen molar-refractivity contribution in [3.63, 3.8) is 0 Å². The van der Waals surface area contributed by atoms with Crippen LogP contribution in [0.2, 0.25) is 0 Å². The zero-order valence-corrected chi connectivity index (χ0v) is 18.5. The molecule has 1 aliphatic rings. The van der Waals surface area contributed by atoms with Crippen LogP contribution < -0.4 is 5.32 Å². The summed E-state index contributed by atoms with van der Waals surface area (Å²) in [6.07, 6.45) is -3.78. The summed E-state index contributed by atoms with van der Waals surface area (Å²) in [5.74, 6) is -0.912. The molecule has 1 aliphatic heterocycles. The molecule has 2 heterocycles.